The average molecular weight is 1030 g/mol. The zero-order chi connectivity index (χ0) is 45.9. The van der Waals surface area contributed by atoms with Crippen LogP contribution in [0, 0.1) is 0 Å². The molecule has 0 heterocycles. The van der Waals surface area contributed by atoms with Gasteiger partial charge in [0.25, 0.3) is 40.5 Å². The number of rotatable bonds is 10. The van der Waals surface area contributed by atoms with Crippen molar-refractivity contribution in [1.29, 1.82) is 0 Å². The van der Waals surface area contributed by atoms with Crippen LogP contribution in [0.15, 0.2) is 172 Å². The number of phenolic OH excluding ortho intramolecular Hbond substituents is 1. The van der Waals surface area contributed by atoms with Crippen molar-refractivity contribution in [1.82, 2.24) is 0 Å². The standard InChI is InChI=1S/C40H27N7O13S4.4Na/c41-22-8-10-25-21(16-22)17-38(64(58,59)60)39(40(25)48)47-46-34-14-15-35(30-20-24(61(49,50)51)9-11-28(30)34)45-44-33-13-12-32(26-4-1-2-5-27(26)33)43-42-23-18-31-29(37(19-23)63(55,56)57)6-3-7-36(31)62(52,53)54;;;;/h1-20,48H,41H2,(H,49,50,51)(H,52,53,54)(H,55,56,57)(H,58,59,60);;;;. The molecule has 328 valence electrons. The van der Waals surface area contributed by atoms with Gasteiger partial charge in [0.15, 0.2) is 5.75 Å². The van der Waals surface area contributed by atoms with Crippen LogP contribution >= 0.6 is 0 Å². The predicted octanol–water partition coefficient (Wildman–Crippen LogP) is 8.30. The van der Waals surface area contributed by atoms with Crippen molar-refractivity contribution in [3.05, 3.63) is 121 Å². The molecular formula is C40H27N7Na4O13S4. The van der Waals surface area contributed by atoms with Crippen molar-refractivity contribution in [2.75, 3.05) is 5.73 Å². The van der Waals surface area contributed by atoms with Crippen LogP contribution < -0.4 is 5.73 Å². The summed E-state index contributed by atoms with van der Waals surface area (Å²) in [4.78, 5) is -2.60. The number of nitrogen functional groups attached to an aromatic ring is 1. The molecule has 8 rings (SSSR count). The Labute approximate surface area is 475 Å². The van der Waals surface area contributed by atoms with Crippen molar-refractivity contribution in [3.63, 3.8) is 0 Å². The summed E-state index contributed by atoms with van der Waals surface area (Å²) in [5.41, 5.74) is 5.83. The van der Waals surface area contributed by atoms with E-state index in [2.05, 4.69) is 30.7 Å². The number of fused-ring (bicyclic) bond motifs is 4. The third kappa shape index (κ3) is 12.1. The Morgan fingerprint density at radius 2 is 0.868 bits per heavy atom. The number of hydrogen-bond donors (Lipinski definition) is 6. The molecule has 0 saturated heterocycles. The molecule has 0 aromatic heterocycles. The van der Waals surface area contributed by atoms with Crippen molar-refractivity contribution in [3.8, 4) is 5.75 Å². The topological polar surface area (TPSA) is 338 Å². The van der Waals surface area contributed by atoms with Gasteiger partial charge < -0.3 is 10.8 Å². The van der Waals surface area contributed by atoms with Crippen LogP contribution in [0.5, 0.6) is 5.75 Å². The molecule has 0 aliphatic heterocycles. The molecule has 0 amide bonds. The zero-order valence-corrected chi connectivity index (χ0v) is 47.2. The number of nitrogens with two attached hydrogens (primary N) is 1. The molecule has 8 aromatic carbocycles. The molecule has 0 aliphatic rings. The Kier molecular flexibility index (Phi) is 18.6. The van der Waals surface area contributed by atoms with E-state index in [0.717, 1.165) is 30.3 Å². The Bertz CT molecular complexity index is 3910. The average Bonchev–Trinajstić information content (AvgIpc) is 3.22. The molecule has 0 spiro atoms. The molecule has 0 fully saturated rings. The number of azo groups is 3. The van der Waals surface area contributed by atoms with E-state index < -0.39 is 71.5 Å². The van der Waals surface area contributed by atoms with E-state index in [1.807, 2.05) is 0 Å². The molecular weight excluding hydrogens is 1010 g/mol. The van der Waals surface area contributed by atoms with Gasteiger partial charge in [-0.25, -0.2) is 0 Å². The summed E-state index contributed by atoms with van der Waals surface area (Å²) in [7, 11) is -19.5. The van der Waals surface area contributed by atoms with Gasteiger partial charge in [-0.3, -0.25) is 18.2 Å². The molecule has 8 aromatic rings. The van der Waals surface area contributed by atoms with Crippen molar-refractivity contribution in [2.45, 2.75) is 19.6 Å². The molecule has 28 heteroatoms. The summed E-state index contributed by atoms with van der Waals surface area (Å²) in [5.74, 6) is -0.633. The second-order valence-corrected chi connectivity index (χ2v) is 19.4. The van der Waals surface area contributed by atoms with Gasteiger partial charge >= 0.3 is 0 Å². The van der Waals surface area contributed by atoms with Gasteiger partial charge in [-0.1, -0.05) is 42.5 Å². The van der Waals surface area contributed by atoms with Gasteiger partial charge in [0, 0.05) is 162 Å². The summed E-state index contributed by atoms with van der Waals surface area (Å²) in [6.45, 7) is 0. The van der Waals surface area contributed by atoms with Crippen LogP contribution in [0.25, 0.3) is 43.1 Å². The summed E-state index contributed by atoms with van der Waals surface area (Å²) in [5, 5.41) is 37.3. The number of aromatic hydroxyl groups is 1. The summed E-state index contributed by atoms with van der Waals surface area (Å²) in [6, 6.07) is 26.9. The Balaban J connectivity index is 0.00000252. The van der Waals surface area contributed by atoms with Gasteiger partial charge in [-0.15, -0.1) is 25.6 Å². The minimum Gasteiger partial charge on any atom is -0.505 e. The third-order valence-electron chi connectivity index (χ3n) is 9.73. The summed E-state index contributed by atoms with van der Waals surface area (Å²) in [6.07, 6.45) is 0. The molecule has 4 radical (unpaired) electrons. The molecule has 0 aliphatic carbocycles. The van der Waals surface area contributed by atoms with Crippen LogP contribution in [0.1, 0.15) is 0 Å². The van der Waals surface area contributed by atoms with Crippen molar-refractivity contribution < 1.29 is 57.0 Å². The molecule has 0 saturated carbocycles. The third-order valence-corrected chi connectivity index (χ3v) is 13.2. The Morgan fingerprint density at radius 3 is 1.41 bits per heavy atom. The van der Waals surface area contributed by atoms with Crippen LogP contribution in [0.3, 0.4) is 0 Å². The molecule has 7 N–H and O–H groups in total. The Hall–Kier alpha value is -3.16. The maximum atomic E-state index is 12.4. The summed E-state index contributed by atoms with van der Waals surface area (Å²) >= 11 is 0. The first-order valence-corrected chi connectivity index (χ1v) is 23.7. The van der Waals surface area contributed by atoms with Crippen molar-refractivity contribution in [2.24, 2.45) is 30.7 Å². The van der Waals surface area contributed by atoms with Crippen LogP contribution in [0.4, 0.5) is 39.8 Å². The number of anilines is 1. The van der Waals surface area contributed by atoms with E-state index >= 15 is 0 Å². The molecule has 0 unspecified atom stereocenters. The fourth-order valence-corrected chi connectivity index (χ4v) is 9.45. The first kappa shape index (κ1) is 57.4. The molecule has 0 atom stereocenters. The number of nitrogens with zero attached hydrogens (tertiary/aromatic N) is 6. The van der Waals surface area contributed by atoms with Gasteiger partial charge in [0.1, 0.15) is 20.4 Å². The van der Waals surface area contributed by atoms with E-state index in [9.17, 15) is 57.0 Å². The second kappa shape index (κ2) is 22.1. The largest absolute Gasteiger partial charge is 0.505 e. The Morgan fingerprint density at radius 1 is 0.382 bits per heavy atom. The van der Waals surface area contributed by atoms with Gasteiger partial charge in [0.2, 0.25) is 0 Å². The van der Waals surface area contributed by atoms with E-state index in [1.54, 1.807) is 24.3 Å². The maximum absolute atomic E-state index is 12.4. The normalized spacial score (nSPS) is 12.4. The quantitative estimate of drug-likeness (QED) is 0.0325. The fourth-order valence-electron chi connectivity index (χ4n) is 6.86. The predicted molar refractivity (Wildman–Crippen MR) is 257 cm³/mol. The van der Waals surface area contributed by atoms with Crippen molar-refractivity contribution >= 4 is 242 Å². The van der Waals surface area contributed by atoms with Gasteiger partial charge in [0.05, 0.1) is 33.3 Å². The first-order valence-electron chi connectivity index (χ1n) is 17.9. The summed E-state index contributed by atoms with van der Waals surface area (Å²) < 4.78 is 138. The molecule has 68 heavy (non-hydrogen) atoms. The van der Waals surface area contributed by atoms with Crippen LogP contribution in [-0.2, 0) is 40.5 Å². The SMILES string of the molecule is Nc1ccc2c(O)c(N=Nc3ccc(N=Nc4ccc(N=Nc5cc(S(=O)(=O)O)c6cccc(S(=O)(=O)O)c6c5)c5ccccc45)c4cc(S(=O)(=O)O)ccc34)c(S(=O)(=O)O)cc2c1.[Na].[Na].[Na].[Na]. The molecule has 20 nitrogen and oxygen atoms in total. The van der Waals surface area contributed by atoms with Gasteiger partial charge in [-0.05, 0) is 84.2 Å². The number of benzene rings is 8. The maximum Gasteiger partial charge on any atom is 0.296 e. The minimum absolute atomic E-state index is 0. The monoisotopic (exact) mass is 1030 g/mol. The smallest absolute Gasteiger partial charge is 0.296 e. The van der Waals surface area contributed by atoms with E-state index in [1.165, 1.54) is 66.7 Å². The van der Waals surface area contributed by atoms with Crippen LogP contribution in [-0.4, -0.2) is 175 Å². The van der Waals surface area contributed by atoms with Crippen LogP contribution in [0.2, 0.25) is 0 Å². The zero-order valence-electron chi connectivity index (χ0n) is 35.9. The number of hydrogen-bond acceptors (Lipinski definition) is 16. The fraction of sp³-hybridized carbons (Fsp3) is 0. The molecule has 0 bridgehead atoms. The second-order valence-electron chi connectivity index (χ2n) is 13.8. The minimum atomic E-state index is -4.97. The number of phenols is 1. The first-order chi connectivity index (χ1) is 30.1. The van der Waals surface area contributed by atoms with E-state index in [0.29, 0.717) is 10.8 Å². The van der Waals surface area contributed by atoms with E-state index in [-0.39, 0.29) is 185 Å². The van der Waals surface area contributed by atoms with E-state index in [4.69, 9.17) is 5.73 Å². The van der Waals surface area contributed by atoms with Gasteiger partial charge in [-0.2, -0.15) is 38.8 Å².